The molecule has 0 unspecified atom stereocenters. The zero-order valence-electron chi connectivity index (χ0n) is 15.5. The molecule has 0 aromatic heterocycles. The van der Waals surface area contributed by atoms with Crippen molar-refractivity contribution in [1.29, 1.82) is 0 Å². The van der Waals surface area contributed by atoms with E-state index in [0.717, 1.165) is 36.4 Å². The van der Waals surface area contributed by atoms with E-state index in [0.29, 0.717) is 12.1 Å². The van der Waals surface area contributed by atoms with Crippen LogP contribution in [0.3, 0.4) is 0 Å². The Bertz CT molecular complexity index is 1040. The second kappa shape index (κ2) is 7.17. The number of rotatable bonds is 4. The van der Waals surface area contributed by atoms with Crippen LogP contribution < -0.4 is 5.73 Å². The molecular formula is C19H16F7NO3S. The van der Waals surface area contributed by atoms with Crippen LogP contribution in [0.2, 0.25) is 0 Å². The van der Waals surface area contributed by atoms with Gasteiger partial charge in [0.05, 0.1) is 4.90 Å². The van der Waals surface area contributed by atoms with Crippen molar-refractivity contribution in [2.75, 3.05) is 0 Å². The van der Waals surface area contributed by atoms with Crippen molar-refractivity contribution in [2.45, 2.75) is 46.5 Å². The van der Waals surface area contributed by atoms with Crippen LogP contribution >= 0.6 is 0 Å². The van der Waals surface area contributed by atoms with Crippen molar-refractivity contribution >= 4 is 9.84 Å². The molecule has 1 saturated carbocycles. The molecule has 0 spiro atoms. The molecule has 31 heavy (non-hydrogen) atoms. The quantitative estimate of drug-likeness (QED) is 0.523. The van der Waals surface area contributed by atoms with Crippen LogP contribution in [0.25, 0.3) is 0 Å². The van der Waals surface area contributed by atoms with Gasteiger partial charge in [-0.15, -0.1) is 0 Å². The molecule has 0 aliphatic heterocycles. The predicted octanol–water partition coefficient (Wildman–Crippen LogP) is 3.93. The Morgan fingerprint density at radius 1 is 0.871 bits per heavy atom. The number of nitrogens with two attached hydrogens (primary N) is 1. The van der Waals surface area contributed by atoms with E-state index >= 15 is 0 Å². The highest BCUT2D eigenvalue weighted by atomic mass is 32.2. The molecule has 2 aromatic rings. The molecule has 1 fully saturated rings. The average molecular weight is 471 g/mol. The number of aliphatic hydroxyl groups is 1. The molecule has 0 saturated heterocycles. The van der Waals surface area contributed by atoms with Gasteiger partial charge in [0.25, 0.3) is 5.60 Å². The molecule has 0 radical (unpaired) electrons. The Balaban J connectivity index is 2.10. The Morgan fingerprint density at radius 3 is 1.71 bits per heavy atom. The average Bonchev–Trinajstić information content (AvgIpc) is 2.63. The fourth-order valence-electron chi connectivity index (χ4n) is 3.74. The summed E-state index contributed by atoms with van der Waals surface area (Å²) in [4.78, 5) is -0.271. The Kier molecular flexibility index (Phi) is 5.43. The monoisotopic (exact) mass is 471 g/mol. The highest BCUT2D eigenvalue weighted by Crippen LogP contribution is 2.53. The molecule has 1 aliphatic carbocycles. The molecule has 0 amide bonds. The Hall–Kier alpha value is -2.18. The van der Waals surface area contributed by atoms with Crippen molar-refractivity contribution in [3.05, 3.63) is 65.5 Å². The number of halogens is 7. The third kappa shape index (κ3) is 3.50. The van der Waals surface area contributed by atoms with Gasteiger partial charge in [-0.3, -0.25) is 0 Å². The van der Waals surface area contributed by atoms with E-state index in [1.165, 1.54) is 0 Å². The maximum absolute atomic E-state index is 13.2. The summed E-state index contributed by atoms with van der Waals surface area (Å²) in [5.41, 5.74) is -0.980. The van der Waals surface area contributed by atoms with Gasteiger partial charge in [-0.25, -0.2) is 12.8 Å². The molecule has 170 valence electrons. The minimum atomic E-state index is -6.07. The topological polar surface area (TPSA) is 80.4 Å². The van der Waals surface area contributed by atoms with Crippen LogP contribution in [0.1, 0.15) is 24.0 Å². The van der Waals surface area contributed by atoms with Gasteiger partial charge in [-0.1, -0.05) is 24.3 Å². The lowest BCUT2D eigenvalue weighted by molar-refractivity contribution is -0.376. The van der Waals surface area contributed by atoms with E-state index in [1.807, 2.05) is 0 Å². The van der Waals surface area contributed by atoms with E-state index in [9.17, 15) is 44.3 Å². The predicted molar refractivity (Wildman–Crippen MR) is 94.9 cm³/mol. The molecule has 0 heterocycles. The summed E-state index contributed by atoms with van der Waals surface area (Å²) in [5.74, 6) is -0.693. The van der Waals surface area contributed by atoms with Crippen LogP contribution in [0, 0.1) is 5.82 Å². The van der Waals surface area contributed by atoms with Gasteiger partial charge in [-0.2, -0.15) is 26.3 Å². The van der Waals surface area contributed by atoms with Crippen LogP contribution in [0.15, 0.2) is 53.4 Å². The first-order valence-corrected chi connectivity index (χ1v) is 10.3. The van der Waals surface area contributed by atoms with Crippen molar-refractivity contribution < 1.29 is 44.3 Å². The van der Waals surface area contributed by atoms with E-state index in [-0.39, 0.29) is 23.3 Å². The Labute approximate surface area is 172 Å². The normalized spacial score (nSPS) is 22.8. The summed E-state index contributed by atoms with van der Waals surface area (Å²) in [7, 11) is -4.23. The number of hydrogen-bond donors (Lipinski definition) is 2. The second-order valence-electron chi connectivity index (χ2n) is 7.40. The molecule has 0 atom stereocenters. The zero-order valence-corrected chi connectivity index (χ0v) is 16.3. The van der Waals surface area contributed by atoms with Crippen molar-refractivity contribution in [2.24, 2.45) is 5.73 Å². The largest absolute Gasteiger partial charge is 0.430 e. The molecule has 2 aromatic carbocycles. The van der Waals surface area contributed by atoms with Crippen LogP contribution in [-0.2, 0) is 20.2 Å². The first kappa shape index (κ1) is 23.5. The summed E-state index contributed by atoms with van der Waals surface area (Å²) < 4.78 is 116. The Morgan fingerprint density at radius 2 is 1.32 bits per heavy atom. The van der Waals surface area contributed by atoms with E-state index in [4.69, 9.17) is 5.73 Å². The van der Waals surface area contributed by atoms with Gasteiger partial charge in [0.2, 0.25) is 0 Å². The molecule has 3 N–H and O–H groups in total. The first-order valence-electron chi connectivity index (χ1n) is 8.79. The van der Waals surface area contributed by atoms with Crippen LogP contribution in [0.4, 0.5) is 30.7 Å². The lowest BCUT2D eigenvalue weighted by Gasteiger charge is -2.46. The number of alkyl halides is 6. The van der Waals surface area contributed by atoms with Crippen molar-refractivity contribution in [1.82, 2.24) is 0 Å². The second-order valence-corrected chi connectivity index (χ2v) is 9.66. The zero-order chi connectivity index (χ0) is 23.5. The van der Waals surface area contributed by atoms with Gasteiger partial charge >= 0.3 is 12.4 Å². The van der Waals surface area contributed by atoms with E-state index in [1.54, 1.807) is 0 Å². The van der Waals surface area contributed by atoms with E-state index < -0.39 is 50.0 Å². The maximum atomic E-state index is 13.2. The highest BCUT2D eigenvalue weighted by Gasteiger charge is 2.71. The number of sulfone groups is 1. The standard InChI is InChI=1S/C19H16F7NO3S/c20-13-5-7-15(8-6-13)31(29,30)16(9-14(27)10-16)11-1-3-12(4-2-11)17(28,18(21,22)23)19(24,25)26/h1-8,14,28H,9-10,27H2/t14-,16-. The number of hydrogen-bond acceptors (Lipinski definition) is 4. The van der Waals surface area contributed by atoms with Crippen molar-refractivity contribution in [3.63, 3.8) is 0 Å². The van der Waals surface area contributed by atoms with Gasteiger partial charge in [0, 0.05) is 11.6 Å². The minimum absolute atomic E-state index is 0.0889. The SMILES string of the molecule is N[C@H]1C[C@](c2ccc(C(O)(C(F)(F)F)C(F)(F)F)cc2)(S(=O)(=O)c2ccc(F)cc2)C1. The van der Waals surface area contributed by atoms with Crippen LogP contribution in [0.5, 0.6) is 0 Å². The third-order valence-corrected chi connectivity index (χ3v) is 7.96. The smallest absolute Gasteiger partial charge is 0.369 e. The summed E-state index contributed by atoms with van der Waals surface area (Å²) in [6.45, 7) is 0. The maximum Gasteiger partial charge on any atom is 0.430 e. The third-order valence-electron chi connectivity index (χ3n) is 5.47. The summed E-state index contributed by atoms with van der Waals surface area (Å²) in [5, 5.41) is 9.50. The molecule has 4 nitrogen and oxygen atoms in total. The van der Waals surface area contributed by atoms with Gasteiger partial charge in [0.1, 0.15) is 10.6 Å². The summed E-state index contributed by atoms with van der Waals surface area (Å²) in [6, 6.07) is 5.65. The van der Waals surface area contributed by atoms with Gasteiger partial charge < -0.3 is 10.8 Å². The summed E-state index contributed by atoms with van der Waals surface area (Å²) in [6.07, 6.45) is -12.4. The number of benzene rings is 2. The van der Waals surface area contributed by atoms with E-state index in [2.05, 4.69) is 0 Å². The summed E-state index contributed by atoms with van der Waals surface area (Å²) >= 11 is 0. The molecule has 3 rings (SSSR count). The van der Waals surface area contributed by atoms with Gasteiger partial charge in [-0.05, 0) is 42.7 Å². The van der Waals surface area contributed by atoms with Crippen LogP contribution in [-0.4, -0.2) is 31.9 Å². The fraction of sp³-hybridized carbons (Fsp3) is 0.368. The minimum Gasteiger partial charge on any atom is -0.369 e. The van der Waals surface area contributed by atoms with Crippen molar-refractivity contribution in [3.8, 4) is 0 Å². The lowest BCUT2D eigenvalue weighted by Crippen LogP contribution is -2.54. The highest BCUT2D eigenvalue weighted by molar-refractivity contribution is 7.92. The lowest BCUT2D eigenvalue weighted by atomic mass is 9.74. The first-order chi connectivity index (χ1) is 14.1. The molecule has 1 aliphatic rings. The molecule has 0 bridgehead atoms. The molecular weight excluding hydrogens is 455 g/mol. The molecule has 12 heteroatoms. The van der Waals surface area contributed by atoms with Gasteiger partial charge in [0.15, 0.2) is 9.84 Å². The fourth-order valence-corrected chi connectivity index (χ4v) is 6.00.